The second kappa shape index (κ2) is 8.82. The Hall–Kier alpha value is -2.61. The van der Waals surface area contributed by atoms with E-state index in [9.17, 15) is 4.79 Å². The van der Waals surface area contributed by atoms with Gasteiger partial charge in [0.1, 0.15) is 18.4 Å². The van der Waals surface area contributed by atoms with E-state index in [1.807, 2.05) is 53.7 Å². The lowest BCUT2D eigenvalue weighted by Gasteiger charge is -2.21. The number of aryl methyl sites for hydroxylation is 1. The Labute approximate surface area is 174 Å². The number of carbonyl (C=O) groups excluding carboxylic acids is 1. The van der Waals surface area contributed by atoms with Crippen molar-refractivity contribution in [2.24, 2.45) is 0 Å². The van der Waals surface area contributed by atoms with Gasteiger partial charge in [-0.25, -0.2) is 9.79 Å². The van der Waals surface area contributed by atoms with E-state index in [-0.39, 0.29) is 11.9 Å². The number of rotatable bonds is 6. The summed E-state index contributed by atoms with van der Waals surface area (Å²) in [6, 6.07) is 17.8. The maximum atomic E-state index is 11.8. The van der Waals surface area contributed by atoms with E-state index in [4.69, 9.17) is 9.94 Å². The predicted molar refractivity (Wildman–Crippen MR) is 114 cm³/mol. The molecule has 4 rings (SSSR count). The molecule has 2 aromatic carbocycles. The van der Waals surface area contributed by atoms with Crippen LogP contribution in [-0.4, -0.2) is 32.2 Å². The summed E-state index contributed by atoms with van der Waals surface area (Å²) in [4.78, 5) is 16.3. The average Bonchev–Trinajstić information content (AvgIpc) is 3.20. The summed E-state index contributed by atoms with van der Waals surface area (Å²) in [6.45, 7) is 3.10. The Morgan fingerprint density at radius 3 is 2.86 bits per heavy atom. The first-order valence-corrected chi connectivity index (χ1v) is 10.5. The third-order valence-corrected chi connectivity index (χ3v) is 6.13. The maximum Gasteiger partial charge on any atom is 0.261 e. The molecule has 0 bridgehead atoms. The molecule has 0 spiro atoms. The summed E-state index contributed by atoms with van der Waals surface area (Å²) < 4.78 is 8.02. The van der Waals surface area contributed by atoms with Crippen LogP contribution in [0.1, 0.15) is 23.2 Å². The standard InChI is InChI=1S/C22H23N3O3S/c1-15-12-17(19-4-2-3-5-20(19)23-15)14-28-18-8-6-16(7-9-18)13-25-21(10-11-29-25)22(26)24-27/h2-9,12,21,27H,10-11,13-14H2,1H3,(H,24,26). The minimum absolute atomic E-state index is 0.302. The number of hydroxylamine groups is 1. The summed E-state index contributed by atoms with van der Waals surface area (Å²) in [5.74, 6) is 1.32. The van der Waals surface area contributed by atoms with Crippen LogP contribution in [-0.2, 0) is 17.9 Å². The number of para-hydroxylation sites is 1. The fourth-order valence-corrected chi connectivity index (χ4v) is 4.74. The highest BCUT2D eigenvalue weighted by molar-refractivity contribution is 7.97. The summed E-state index contributed by atoms with van der Waals surface area (Å²) in [6.07, 6.45) is 0.734. The number of nitrogens with zero attached hydrogens (tertiary/aromatic N) is 2. The number of fused-ring (bicyclic) bond motifs is 1. The van der Waals surface area contributed by atoms with Crippen molar-refractivity contribution < 1.29 is 14.7 Å². The zero-order chi connectivity index (χ0) is 20.2. The van der Waals surface area contributed by atoms with Crippen LogP contribution >= 0.6 is 11.9 Å². The van der Waals surface area contributed by atoms with Crippen molar-refractivity contribution in [3.8, 4) is 5.75 Å². The summed E-state index contributed by atoms with van der Waals surface area (Å²) in [5, 5.41) is 10.0. The Morgan fingerprint density at radius 1 is 1.28 bits per heavy atom. The van der Waals surface area contributed by atoms with Crippen molar-refractivity contribution in [1.29, 1.82) is 0 Å². The number of hydrogen-bond donors (Lipinski definition) is 2. The molecule has 1 aliphatic rings. The van der Waals surface area contributed by atoms with Crippen LogP contribution in [0.25, 0.3) is 10.9 Å². The Balaban J connectivity index is 1.41. The van der Waals surface area contributed by atoms with Gasteiger partial charge in [0, 0.05) is 28.9 Å². The SMILES string of the molecule is Cc1cc(COc2ccc(CN3SCCC3C(=O)NO)cc2)c2ccccc2n1. The first kappa shape index (κ1) is 19.7. The van der Waals surface area contributed by atoms with Crippen molar-refractivity contribution in [3.63, 3.8) is 0 Å². The second-order valence-corrected chi connectivity index (χ2v) is 8.20. The highest BCUT2D eigenvalue weighted by atomic mass is 32.2. The van der Waals surface area contributed by atoms with Gasteiger partial charge in [-0.3, -0.25) is 15.0 Å². The number of hydrogen-bond acceptors (Lipinski definition) is 6. The van der Waals surface area contributed by atoms with Gasteiger partial charge in [-0.05, 0) is 43.2 Å². The number of amides is 1. The van der Waals surface area contributed by atoms with E-state index in [0.717, 1.165) is 45.6 Å². The van der Waals surface area contributed by atoms with Gasteiger partial charge in [0.05, 0.1) is 5.52 Å². The fraction of sp³-hybridized carbons (Fsp3) is 0.273. The maximum absolute atomic E-state index is 11.8. The third kappa shape index (κ3) is 4.53. The molecule has 150 valence electrons. The lowest BCUT2D eigenvalue weighted by Crippen LogP contribution is -2.39. The van der Waals surface area contributed by atoms with Gasteiger partial charge in [0.25, 0.3) is 5.91 Å². The van der Waals surface area contributed by atoms with Gasteiger partial charge in [-0.2, -0.15) is 0 Å². The fourth-order valence-electron chi connectivity index (χ4n) is 3.55. The Kier molecular flexibility index (Phi) is 5.99. The lowest BCUT2D eigenvalue weighted by atomic mass is 10.1. The van der Waals surface area contributed by atoms with Crippen LogP contribution in [0.5, 0.6) is 5.75 Å². The van der Waals surface area contributed by atoms with Crippen LogP contribution < -0.4 is 10.2 Å². The molecule has 1 atom stereocenters. The van der Waals surface area contributed by atoms with Gasteiger partial charge in [-0.15, -0.1) is 0 Å². The third-order valence-electron chi connectivity index (χ3n) is 4.99. The Morgan fingerprint density at radius 2 is 2.07 bits per heavy atom. The summed E-state index contributed by atoms with van der Waals surface area (Å²) in [7, 11) is 0. The van der Waals surface area contributed by atoms with Crippen molar-refractivity contribution in [1.82, 2.24) is 14.8 Å². The van der Waals surface area contributed by atoms with Crippen molar-refractivity contribution in [3.05, 3.63) is 71.4 Å². The molecule has 1 aliphatic heterocycles. The molecule has 1 saturated heterocycles. The van der Waals surface area contributed by atoms with Crippen molar-refractivity contribution in [2.45, 2.75) is 32.5 Å². The molecular weight excluding hydrogens is 386 g/mol. The molecule has 29 heavy (non-hydrogen) atoms. The molecule has 3 aromatic rings. The smallest absolute Gasteiger partial charge is 0.261 e. The summed E-state index contributed by atoms with van der Waals surface area (Å²) in [5.41, 5.74) is 5.92. The highest BCUT2D eigenvalue weighted by Gasteiger charge is 2.31. The van der Waals surface area contributed by atoms with Gasteiger partial charge in [0.2, 0.25) is 0 Å². The van der Waals surface area contributed by atoms with Crippen molar-refractivity contribution >= 4 is 28.8 Å². The quantitative estimate of drug-likeness (QED) is 0.366. The number of pyridine rings is 1. The topological polar surface area (TPSA) is 74.7 Å². The molecule has 2 heterocycles. The lowest BCUT2D eigenvalue weighted by molar-refractivity contribution is -0.132. The van der Waals surface area contributed by atoms with Crippen molar-refractivity contribution in [2.75, 3.05) is 5.75 Å². The first-order chi connectivity index (χ1) is 14.1. The molecule has 0 aliphatic carbocycles. The first-order valence-electron chi connectivity index (χ1n) is 9.54. The monoisotopic (exact) mass is 409 g/mol. The Bertz CT molecular complexity index is 1010. The highest BCUT2D eigenvalue weighted by Crippen LogP contribution is 2.29. The number of ether oxygens (including phenoxy) is 1. The van der Waals surface area contributed by atoms with Crippen LogP contribution in [0.4, 0.5) is 0 Å². The zero-order valence-electron chi connectivity index (χ0n) is 16.2. The number of aromatic nitrogens is 1. The van der Waals surface area contributed by atoms with Crippen LogP contribution in [0, 0.1) is 6.92 Å². The zero-order valence-corrected chi connectivity index (χ0v) is 17.0. The van der Waals surface area contributed by atoms with E-state index in [0.29, 0.717) is 13.2 Å². The van der Waals surface area contributed by atoms with E-state index in [2.05, 4.69) is 17.1 Å². The minimum atomic E-state index is -0.352. The van der Waals surface area contributed by atoms with E-state index < -0.39 is 0 Å². The van der Waals surface area contributed by atoms with E-state index in [1.165, 1.54) is 0 Å². The number of carbonyl (C=O) groups is 1. The van der Waals surface area contributed by atoms with E-state index >= 15 is 0 Å². The van der Waals surface area contributed by atoms with E-state index in [1.54, 1.807) is 17.4 Å². The van der Waals surface area contributed by atoms with Crippen LogP contribution in [0.2, 0.25) is 0 Å². The minimum Gasteiger partial charge on any atom is -0.489 e. The molecule has 7 heteroatoms. The van der Waals surface area contributed by atoms with Gasteiger partial charge < -0.3 is 4.74 Å². The van der Waals surface area contributed by atoms with Gasteiger partial charge in [-0.1, -0.05) is 42.3 Å². The average molecular weight is 410 g/mol. The molecule has 1 aromatic heterocycles. The van der Waals surface area contributed by atoms with Crippen LogP contribution in [0.15, 0.2) is 54.6 Å². The molecular formula is C22H23N3O3S. The van der Waals surface area contributed by atoms with Crippen LogP contribution in [0.3, 0.4) is 0 Å². The summed E-state index contributed by atoms with van der Waals surface area (Å²) >= 11 is 1.63. The molecule has 0 radical (unpaired) electrons. The molecule has 0 saturated carbocycles. The largest absolute Gasteiger partial charge is 0.489 e. The molecule has 1 amide bonds. The predicted octanol–water partition coefficient (Wildman–Crippen LogP) is 3.85. The molecule has 1 unspecified atom stereocenters. The molecule has 2 N–H and O–H groups in total. The second-order valence-electron chi connectivity index (χ2n) is 7.06. The van der Waals surface area contributed by atoms with Gasteiger partial charge in [0.15, 0.2) is 0 Å². The number of nitrogens with one attached hydrogen (secondary N) is 1. The molecule has 6 nitrogen and oxygen atoms in total. The van der Waals surface area contributed by atoms with Gasteiger partial charge >= 0.3 is 0 Å². The normalized spacial score (nSPS) is 16.8. The molecule has 1 fully saturated rings. The number of benzene rings is 2.